The second-order valence-corrected chi connectivity index (χ2v) is 6.01. The van der Waals surface area contributed by atoms with Gasteiger partial charge in [0.1, 0.15) is 15.5 Å². The van der Waals surface area contributed by atoms with Gasteiger partial charge in [-0.05, 0) is 23.2 Å². The summed E-state index contributed by atoms with van der Waals surface area (Å²) in [6, 6.07) is 3.01. The van der Waals surface area contributed by atoms with Crippen LogP contribution in [0, 0.1) is 0 Å². The first-order valence-corrected chi connectivity index (χ1v) is 8.32. The Balaban J connectivity index is 0.000000212. The minimum atomic E-state index is 0.0625. The number of anilines is 1. The molecule has 0 fully saturated rings. The minimum absolute atomic E-state index is 0.0625. The zero-order valence-corrected chi connectivity index (χ0v) is 16.2. The van der Waals surface area contributed by atoms with Gasteiger partial charge >= 0.3 is 0 Å². The first kappa shape index (κ1) is 19.8. The van der Waals surface area contributed by atoms with Crippen LogP contribution in [-0.4, -0.2) is 37.0 Å². The Bertz CT molecular complexity index is 789. The molecule has 0 amide bonds. The van der Waals surface area contributed by atoms with Crippen LogP contribution in [0.3, 0.4) is 0 Å². The van der Waals surface area contributed by atoms with E-state index in [0.29, 0.717) is 11.6 Å². The number of halogens is 5. The first-order valence-electron chi connectivity index (χ1n) is 6.43. The predicted molar refractivity (Wildman–Crippen MR) is 99.7 cm³/mol. The molecule has 1 N–H and O–H groups in total. The summed E-state index contributed by atoms with van der Waals surface area (Å²) in [5, 5.41) is 3.77. The maximum Gasteiger partial charge on any atom is 0.225 e. The fourth-order valence-electron chi connectivity index (χ4n) is 1.49. The third kappa shape index (κ3) is 6.37. The van der Waals surface area contributed by atoms with Crippen LogP contribution in [-0.2, 0) is 0 Å². The summed E-state index contributed by atoms with van der Waals surface area (Å²) in [6.07, 6.45) is 3.27. The van der Waals surface area contributed by atoms with E-state index in [1.807, 2.05) is 0 Å². The van der Waals surface area contributed by atoms with Crippen molar-refractivity contribution in [3.8, 4) is 11.3 Å². The Hall–Kier alpha value is -1.51. The molecule has 7 nitrogen and oxygen atoms in total. The molecule has 0 aromatic carbocycles. The smallest absolute Gasteiger partial charge is 0.225 e. The molecule has 3 rings (SSSR count). The van der Waals surface area contributed by atoms with E-state index < -0.39 is 0 Å². The molecule has 130 valence electrons. The van der Waals surface area contributed by atoms with Crippen LogP contribution in [0.1, 0.15) is 0 Å². The molecule has 0 unspecified atom stereocenters. The van der Waals surface area contributed by atoms with Gasteiger partial charge in [-0.3, -0.25) is 0 Å². The highest BCUT2D eigenvalue weighted by Crippen LogP contribution is 2.20. The average Bonchev–Trinajstić information content (AvgIpc) is 2.53. The third-order valence-corrected chi connectivity index (χ3v) is 3.39. The third-order valence-electron chi connectivity index (χ3n) is 2.48. The highest BCUT2D eigenvalue weighted by molar-refractivity contribution is 6.35. The molecule has 3 aromatic heterocycles. The van der Waals surface area contributed by atoms with Crippen LogP contribution in [0.5, 0.6) is 0 Å². The van der Waals surface area contributed by atoms with Crippen LogP contribution in [0.2, 0.25) is 26.0 Å². The van der Waals surface area contributed by atoms with Crippen molar-refractivity contribution < 1.29 is 0 Å². The van der Waals surface area contributed by atoms with Gasteiger partial charge in [-0.25, -0.2) is 29.9 Å². The number of nitrogens with one attached hydrogen (secondary N) is 1. The van der Waals surface area contributed by atoms with Crippen molar-refractivity contribution in [2.24, 2.45) is 0 Å². The van der Waals surface area contributed by atoms with Crippen LogP contribution in [0.25, 0.3) is 11.3 Å². The number of rotatable bonds is 2. The molecule has 3 aromatic rings. The summed E-state index contributed by atoms with van der Waals surface area (Å²) in [6.45, 7) is 0. The largest absolute Gasteiger partial charge is 0.357 e. The number of hydrogen-bond donors (Lipinski definition) is 1. The Kier molecular flexibility index (Phi) is 7.34. The van der Waals surface area contributed by atoms with Crippen molar-refractivity contribution in [3.63, 3.8) is 0 Å². The first-order chi connectivity index (χ1) is 11.9. The lowest BCUT2D eigenvalue weighted by atomic mass is 10.2. The monoisotopic (exact) mass is 437 g/mol. The van der Waals surface area contributed by atoms with Crippen molar-refractivity contribution in [1.29, 1.82) is 0 Å². The SMILES string of the molecule is CNc1ncc(-c2cc(Cl)nc(Cl)n2)cn1.Clc1cc(Cl)nc(Cl)n1. The Morgan fingerprint density at radius 3 is 1.64 bits per heavy atom. The standard InChI is InChI=1S/C9H7Cl2N5.C4HCl3N2/c1-12-9-13-3-5(4-14-9)6-2-7(10)16-8(11)15-6;5-2-1-3(6)9-4(7)8-2/h2-4H,1H3,(H,12,13,14);1H. The number of aromatic nitrogens is 6. The molecule has 0 radical (unpaired) electrons. The van der Waals surface area contributed by atoms with Crippen LogP contribution >= 0.6 is 58.0 Å². The van der Waals surface area contributed by atoms with Crippen molar-refractivity contribution in [2.75, 3.05) is 12.4 Å². The Morgan fingerprint density at radius 1 is 0.720 bits per heavy atom. The fourth-order valence-corrected chi connectivity index (χ4v) is 2.59. The summed E-state index contributed by atoms with van der Waals surface area (Å²) < 4.78 is 0. The lowest BCUT2D eigenvalue weighted by Gasteiger charge is -2.02. The van der Waals surface area contributed by atoms with Gasteiger partial charge in [0, 0.05) is 37.1 Å². The van der Waals surface area contributed by atoms with Crippen LogP contribution < -0.4 is 5.32 Å². The van der Waals surface area contributed by atoms with Crippen molar-refractivity contribution >= 4 is 64.0 Å². The van der Waals surface area contributed by atoms with Gasteiger partial charge in [-0.1, -0.05) is 34.8 Å². The Morgan fingerprint density at radius 2 is 1.20 bits per heavy atom. The summed E-state index contributed by atoms with van der Waals surface area (Å²) in [5.74, 6) is 0.537. The van der Waals surface area contributed by atoms with Gasteiger partial charge in [0.15, 0.2) is 0 Å². The molecule has 0 atom stereocenters. The highest BCUT2D eigenvalue weighted by atomic mass is 35.5. The molecule has 12 heteroatoms. The molecule has 0 aliphatic rings. The van der Waals surface area contributed by atoms with Crippen LogP contribution in [0.15, 0.2) is 24.5 Å². The lowest BCUT2D eigenvalue weighted by molar-refractivity contribution is 1.13. The highest BCUT2D eigenvalue weighted by Gasteiger charge is 2.05. The topological polar surface area (TPSA) is 89.4 Å². The second kappa shape index (κ2) is 9.26. The predicted octanol–water partition coefficient (Wildman–Crippen LogP) is 4.72. The van der Waals surface area contributed by atoms with Crippen molar-refractivity contribution in [2.45, 2.75) is 0 Å². The summed E-state index contributed by atoms with van der Waals surface area (Å²) in [5.41, 5.74) is 1.32. The summed E-state index contributed by atoms with van der Waals surface area (Å²) in [7, 11) is 1.74. The van der Waals surface area contributed by atoms with Gasteiger partial charge in [-0.2, -0.15) is 0 Å². The molecular formula is C13H8Cl5N7. The number of nitrogens with zero attached hydrogens (tertiary/aromatic N) is 6. The average molecular weight is 440 g/mol. The lowest BCUT2D eigenvalue weighted by Crippen LogP contribution is -1.96. The molecular weight excluding hydrogens is 431 g/mol. The quantitative estimate of drug-likeness (QED) is 0.456. The van der Waals surface area contributed by atoms with Crippen molar-refractivity contribution in [3.05, 3.63) is 50.6 Å². The van der Waals surface area contributed by atoms with Gasteiger partial charge < -0.3 is 5.32 Å². The summed E-state index contributed by atoms with van der Waals surface area (Å²) >= 11 is 27.7. The van der Waals surface area contributed by atoms with Crippen LogP contribution in [0.4, 0.5) is 5.95 Å². The maximum absolute atomic E-state index is 5.77. The zero-order chi connectivity index (χ0) is 18.4. The van der Waals surface area contributed by atoms with E-state index in [4.69, 9.17) is 58.0 Å². The molecule has 0 saturated heterocycles. The maximum atomic E-state index is 5.77. The Labute approximate surface area is 167 Å². The number of hydrogen-bond acceptors (Lipinski definition) is 7. The van der Waals surface area contributed by atoms with Gasteiger partial charge in [0.25, 0.3) is 0 Å². The normalized spacial score (nSPS) is 10.0. The minimum Gasteiger partial charge on any atom is -0.357 e. The molecule has 25 heavy (non-hydrogen) atoms. The van der Waals surface area contributed by atoms with E-state index in [-0.39, 0.29) is 26.0 Å². The summed E-state index contributed by atoms with van der Waals surface area (Å²) in [4.78, 5) is 23.1. The molecule has 3 heterocycles. The van der Waals surface area contributed by atoms with Gasteiger partial charge in [-0.15, -0.1) is 0 Å². The fraction of sp³-hybridized carbons (Fsp3) is 0.0769. The zero-order valence-electron chi connectivity index (χ0n) is 12.4. The molecule has 0 aliphatic heterocycles. The second-order valence-electron chi connectivity index (χ2n) is 4.17. The van der Waals surface area contributed by atoms with E-state index in [2.05, 4.69) is 35.2 Å². The molecule has 0 spiro atoms. The van der Waals surface area contributed by atoms with E-state index in [1.165, 1.54) is 6.07 Å². The molecule has 0 aliphatic carbocycles. The van der Waals surface area contributed by atoms with E-state index in [9.17, 15) is 0 Å². The van der Waals surface area contributed by atoms with Crippen molar-refractivity contribution in [1.82, 2.24) is 29.9 Å². The van der Waals surface area contributed by atoms with E-state index in [0.717, 1.165) is 5.56 Å². The molecule has 0 bridgehead atoms. The van der Waals surface area contributed by atoms with Gasteiger partial charge in [0.2, 0.25) is 16.5 Å². The van der Waals surface area contributed by atoms with Gasteiger partial charge in [0.05, 0.1) is 5.69 Å². The van der Waals surface area contributed by atoms with E-state index in [1.54, 1.807) is 25.5 Å². The molecule has 0 saturated carbocycles. The van der Waals surface area contributed by atoms with E-state index >= 15 is 0 Å².